The van der Waals surface area contributed by atoms with Gasteiger partial charge in [0, 0.05) is 23.2 Å². The van der Waals surface area contributed by atoms with Gasteiger partial charge in [0.2, 0.25) is 14.8 Å². The van der Waals surface area contributed by atoms with Crippen LogP contribution in [0.5, 0.6) is 0 Å². The molecule has 0 saturated carbocycles. The number of carbonyl (C=O) groups is 1. The third kappa shape index (κ3) is 3.54. The number of aromatic nitrogens is 2. The van der Waals surface area contributed by atoms with E-state index in [9.17, 15) is 21.6 Å². The molecule has 0 aliphatic carbocycles. The first kappa shape index (κ1) is 22.0. The third-order valence-corrected chi connectivity index (χ3v) is 8.68. The Morgan fingerprint density at radius 2 is 1.22 bits per heavy atom. The fourth-order valence-corrected chi connectivity index (χ4v) is 6.32. The van der Waals surface area contributed by atoms with Crippen LogP contribution in [0, 0.1) is 0 Å². The zero-order chi connectivity index (χ0) is 23.1. The molecule has 4 aromatic rings. The molecular formula is C21H18N4O5S2. The first-order valence-corrected chi connectivity index (χ1v) is 12.5. The van der Waals surface area contributed by atoms with E-state index in [1.54, 1.807) is 36.4 Å². The lowest BCUT2D eigenvalue weighted by Gasteiger charge is -2.23. The van der Waals surface area contributed by atoms with Crippen molar-refractivity contribution in [3.8, 4) is 0 Å². The van der Waals surface area contributed by atoms with Crippen molar-refractivity contribution < 1.29 is 21.6 Å². The first-order chi connectivity index (χ1) is 15.1. The number of sulfone groups is 2. The van der Waals surface area contributed by atoms with E-state index in [0.717, 1.165) is 0 Å². The number of pyridine rings is 2. The zero-order valence-electron chi connectivity index (χ0n) is 16.5. The van der Waals surface area contributed by atoms with Crippen LogP contribution in [0.15, 0.2) is 82.8 Å². The highest BCUT2D eigenvalue weighted by molar-refractivity contribution is 7.95. The van der Waals surface area contributed by atoms with E-state index in [-0.39, 0.29) is 20.8 Å². The van der Waals surface area contributed by atoms with Gasteiger partial charge < -0.3 is 0 Å². The SMILES string of the molecule is NC(N)(C(=O)CS(=O)(=O)c1cccc2cccnc12)S(=O)(=O)c1cccc2cccnc12. The summed E-state index contributed by atoms with van der Waals surface area (Å²) in [4.78, 5) is 17.4. The first-order valence-electron chi connectivity index (χ1n) is 9.32. The molecule has 0 radical (unpaired) electrons. The molecule has 2 aromatic heterocycles. The summed E-state index contributed by atoms with van der Waals surface area (Å²) in [5.41, 5.74) is 11.8. The van der Waals surface area contributed by atoms with Crippen LogP contribution in [0.25, 0.3) is 21.8 Å². The van der Waals surface area contributed by atoms with Crippen molar-refractivity contribution in [1.82, 2.24) is 9.97 Å². The van der Waals surface area contributed by atoms with Gasteiger partial charge in [0.05, 0.1) is 20.8 Å². The summed E-state index contributed by atoms with van der Waals surface area (Å²) in [6.07, 6.45) is 2.80. The van der Waals surface area contributed by atoms with E-state index >= 15 is 0 Å². The third-order valence-electron chi connectivity index (χ3n) is 5.02. The number of rotatable bonds is 6. The van der Waals surface area contributed by atoms with Crippen molar-refractivity contribution >= 4 is 47.3 Å². The van der Waals surface area contributed by atoms with E-state index in [2.05, 4.69) is 9.97 Å². The van der Waals surface area contributed by atoms with Crippen LogP contribution >= 0.6 is 0 Å². The molecule has 164 valence electrons. The van der Waals surface area contributed by atoms with E-state index in [0.29, 0.717) is 10.8 Å². The maximum absolute atomic E-state index is 13.2. The molecule has 9 nitrogen and oxygen atoms in total. The van der Waals surface area contributed by atoms with Crippen LogP contribution in [0.2, 0.25) is 0 Å². The number of Topliss-reactive ketones (excluding diaryl/α,β-unsaturated/α-hetero) is 1. The number of hydrogen-bond acceptors (Lipinski definition) is 9. The summed E-state index contributed by atoms with van der Waals surface area (Å²) in [5, 5.41) is 1.04. The zero-order valence-corrected chi connectivity index (χ0v) is 18.2. The van der Waals surface area contributed by atoms with Crippen LogP contribution in [0.1, 0.15) is 0 Å². The molecule has 32 heavy (non-hydrogen) atoms. The number of nitrogens with zero attached hydrogens (tertiary/aromatic N) is 2. The monoisotopic (exact) mass is 470 g/mol. The second kappa shape index (κ2) is 7.71. The Morgan fingerprint density at radius 3 is 1.78 bits per heavy atom. The Bertz CT molecular complexity index is 1570. The summed E-state index contributed by atoms with van der Waals surface area (Å²) >= 11 is 0. The summed E-state index contributed by atoms with van der Waals surface area (Å²) in [6, 6.07) is 15.3. The summed E-state index contributed by atoms with van der Waals surface area (Å²) in [5.74, 6) is -2.59. The van der Waals surface area contributed by atoms with E-state index in [1.807, 2.05) is 0 Å². The van der Waals surface area contributed by atoms with Gasteiger partial charge in [0.1, 0.15) is 5.75 Å². The van der Waals surface area contributed by atoms with Gasteiger partial charge in [-0.2, -0.15) is 0 Å². The van der Waals surface area contributed by atoms with Crippen molar-refractivity contribution in [1.29, 1.82) is 0 Å². The number of benzene rings is 2. The van der Waals surface area contributed by atoms with Crippen molar-refractivity contribution in [2.24, 2.45) is 11.5 Å². The Kier molecular flexibility index (Phi) is 5.29. The van der Waals surface area contributed by atoms with Gasteiger partial charge in [0.15, 0.2) is 15.6 Å². The Morgan fingerprint density at radius 1 is 0.750 bits per heavy atom. The van der Waals surface area contributed by atoms with Crippen molar-refractivity contribution in [2.45, 2.75) is 14.8 Å². The molecule has 0 aliphatic rings. The molecule has 4 rings (SSSR count). The standard InChI is InChI=1S/C21H18N4O5S2/c22-21(23,32(29,30)17-10-2-6-15-8-4-12-25-20(15)17)18(26)13-31(27,28)16-9-1-5-14-7-3-11-24-19(14)16/h1-12H,13,22-23H2. The quantitative estimate of drug-likeness (QED) is 0.394. The lowest BCUT2D eigenvalue weighted by atomic mass is 10.2. The average molecular weight is 471 g/mol. The molecule has 2 aromatic carbocycles. The fourth-order valence-electron chi connectivity index (χ4n) is 3.32. The van der Waals surface area contributed by atoms with E-state index < -0.39 is 36.2 Å². The molecule has 11 heteroatoms. The van der Waals surface area contributed by atoms with E-state index in [1.165, 1.54) is 36.7 Å². The van der Waals surface area contributed by atoms with Crippen LogP contribution in [-0.2, 0) is 24.5 Å². The molecule has 2 heterocycles. The van der Waals surface area contributed by atoms with Crippen molar-refractivity contribution in [3.63, 3.8) is 0 Å². The highest BCUT2D eigenvalue weighted by Crippen LogP contribution is 2.27. The Hall–Kier alpha value is -3.25. The van der Waals surface area contributed by atoms with Crippen molar-refractivity contribution in [3.05, 3.63) is 73.1 Å². The van der Waals surface area contributed by atoms with Crippen molar-refractivity contribution in [2.75, 3.05) is 5.75 Å². The summed E-state index contributed by atoms with van der Waals surface area (Å²) in [6.45, 7) is 0. The average Bonchev–Trinajstić information content (AvgIpc) is 2.77. The molecule has 0 atom stereocenters. The van der Waals surface area contributed by atoms with Gasteiger partial charge in [0.25, 0.3) is 0 Å². The number of carbonyl (C=O) groups excluding carboxylic acids is 1. The number of fused-ring (bicyclic) bond motifs is 2. The van der Waals surface area contributed by atoms with Gasteiger partial charge in [-0.1, -0.05) is 36.4 Å². The predicted octanol–water partition coefficient (Wildman–Crippen LogP) is 1.17. The van der Waals surface area contributed by atoms with Crippen LogP contribution in [0.3, 0.4) is 0 Å². The number of ketones is 1. The summed E-state index contributed by atoms with van der Waals surface area (Å²) in [7, 11) is -9.00. The molecule has 4 N–H and O–H groups in total. The van der Waals surface area contributed by atoms with Crippen LogP contribution < -0.4 is 11.5 Å². The minimum atomic E-state index is -4.70. The number of para-hydroxylation sites is 2. The smallest absolute Gasteiger partial charge is 0.234 e. The highest BCUT2D eigenvalue weighted by Gasteiger charge is 2.47. The molecular weight excluding hydrogens is 452 g/mol. The number of nitrogens with two attached hydrogens (primary N) is 2. The second-order valence-corrected chi connectivity index (χ2v) is 11.2. The van der Waals surface area contributed by atoms with E-state index in [4.69, 9.17) is 11.5 Å². The maximum atomic E-state index is 13.2. The van der Waals surface area contributed by atoms with Gasteiger partial charge in [-0.05, 0) is 24.3 Å². The van der Waals surface area contributed by atoms with Gasteiger partial charge in [-0.15, -0.1) is 0 Å². The van der Waals surface area contributed by atoms with Gasteiger partial charge in [-0.3, -0.25) is 26.2 Å². The molecule has 0 saturated heterocycles. The topological polar surface area (TPSA) is 163 Å². The number of hydrogen-bond donors (Lipinski definition) is 2. The van der Waals surface area contributed by atoms with Gasteiger partial charge in [-0.25, -0.2) is 16.8 Å². The molecule has 0 unspecified atom stereocenters. The fraction of sp³-hybridized carbons (Fsp3) is 0.0952. The summed E-state index contributed by atoms with van der Waals surface area (Å²) < 4.78 is 52.5. The molecule has 0 spiro atoms. The second-order valence-electron chi connectivity index (χ2n) is 7.14. The molecule has 0 aliphatic heterocycles. The maximum Gasteiger partial charge on any atom is 0.234 e. The van der Waals surface area contributed by atoms with Gasteiger partial charge >= 0.3 is 0 Å². The normalized spacial score (nSPS) is 12.8. The lowest BCUT2D eigenvalue weighted by Crippen LogP contribution is -2.63. The van der Waals surface area contributed by atoms with Crippen LogP contribution in [-0.4, -0.2) is 43.3 Å². The minimum Gasteiger partial charge on any atom is -0.294 e. The molecule has 0 fully saturated rings. The largest absolute Gasteiger partial charge is 0.294 e. The van der Waals surface area contributed by atoms with Crippen LogP contribution in [0.4, 0.5) is 0 Å². The molecule has 0 amide bonds. The highest BCUT2D eigenvalue weighted by atomic mass is 32.2. The lowest BCUT2D eigenvalue weighted by molar-refractivity contribution is -0.118. The Balaban J connectivity index is 1.75. The predicted molar refractivity (Wildman–Crippen MR) is 119 cm³/mol. The minimum absolute atomic E-state index is 0.0733. The molecule has 0 bridgehead atoms. The Labute approximate surface area is 183 Å².